The number of methoxy groups -OCH3 is 1. The highest BCUT2D eigenvalue weighted by molar-refractivity contribution is 5.96. The summed E-state index contributed by atoms with van der Waals surface area (Å²) in [6.45, 7) is 5.49. The lowest BCUT2D eigenvalue weighted by molar-refractivity contribution is -0.384. The van der Waals surface area contributed by atoms with Crippen LogP contribution in [0.3, 0.4) is 0 Å². The fourth-order valence-electron chi connectivity index (χ4n) is 3.89. The molecule has 0 bridgehead atoms. The second kappa shape index (κ2) is 10.6. The molecule has 0 fully saturated rings. The molecule has 0 spiro atoms. The van der Waals surface area contributed by atoms with Crippen LogP contribution in [0.5, 0.6) is 0 Å². The number of ether oxygens (including phenoxy) is 2. The Hall–Kier alpha value is -3.90. The summed E-state index contributed by atoms with van der Waals surface area (Å²) < 4.78 is 9.49. The van der Waals surface area contributed by atoms with E-state index >= 15 is 0 Å². The summed E-state index contributed by atoms with van der Waals surface area (Å²) in [4.78, 5) is 61.7. The zero-order valence-corrected chi connectivity index (χ0v) is 20.1. The van der Waals surface area contributed by atoms with Gasteiger partial charge in [-0.05, 0) is 26.3 Å². The Kier molecular flexibility index (Phi) is 8.26. The lowest BCUT2D eigenvalue weighted by Gasteiger charge is -2.40. The quantitative estimate of drug-likeness (QED) is 0.188. The van der Waals surface area contributed by atoms with E-state index in [1.54, 1.807) is 19.1 Å². The maximum Gasteiger partial charge on any atom is 0.336 e. The van der Waals surface area contributed by atoms with E-state index in [0.29, 0.717) is 11.3 Å². The van der Waals surface area contributed by atoms with Crippen molar-refractivity contribution in [2.24, 2.45) is 16.9 Å². The van der Waals surface area contributed by atoms with Gasteiger partial charge in [-0.2, -0.15) is 0 Å². The summed E-state index contributed by atoms with van der Waals surface area (Å²) in [5.74, 6) is -4.06. The molecule has 2 rings (SSSR count). The summed E-state index contributed by atoms with van der Waals surface area (Å²) in [7, 11) is 1.17. The van der Waals surface area contributed by atoms with E-state index < -0.39 is 52.7 Å². The van der Waals surface area contributed by atoms with Gasteiger partial charge >= 0.3 is 17.9 Å². The fourth-order valence-corrected chi connectivity index (χ4v) is 3.89. The molecule has 1 aliphatic rings. The molecule has 12 nitrogen and oxygen atoms in total. The van der Waals surface area contributed by atoms with Crippen LogP contribution in [0.1, 0.15) is 45.6 Å². The van der Waals surface area contributed by atoms with E-state index in [9.17, 15) is 29.3 Å². The Bertz CT molecular complexity index is 1140. The Balaban J connectivity index is 2.62. The van der Waals surface area contributed by atoms with E-state index in [0.717, 1.165) is 6.92 Å². The third kappa shape index (κ3) is 5.61. The average Bonchev–Trinajstić information content (AvgIpc) is 2.77. The first kappa shape index (κ1) is 27.3. The topological polar surface area (TPSA) is 185 Å². The number of nitrogens with zero attached hydrogens (tertiary/aromatic N) is 2. The van der Waals surface area contributed by atoms with Crippen molar-refractivity contribution in [3.63, 3.8) is 0 Å². The second-order valence-electron chi connectivity index (χ2n) is 8.35. The molecule has 188 valence electrons. The van der Waals surface area contributed by atoms with Crippen LogP contribution in [0.4, 0.5) is 5.69 Å². The van der Waals surface area contributed by atoms with Crippen molar-refractivity contribution in [1.82, 2.24) is 4.90 Å². The highest BCUT2D eigenvalue weighted by atomic mass is 16.6. The molecule has 0 saturated heterocycles. The van der Waals surface area contributed by atoms with Gasteiger partial charge in [0.05, 0.1) is 35.6 Å². The first-order chi connectivity index (χ1) is 16.2. The number of amides is 1. The van der Waals surface area contributed by atoms with E-state index in [2.05, 4.69) is 4.74 Å². The van der Waals surface area contributed by atoms with E-state index in [1.165, 1.54) is 44.1 Å². The number of allylic oxidation sites excluding steroid dienone is 3. The largest absolute Gasteiger partial charge is 0.466 e. The molecule has 1 aliphatic heterocycles. The number of non-ortho nitro benzene ring substituents is 1. The van der Waals surface area contributed by atoms with Crippen LogP contribution in [0.2, 0.25) is 0 Å². The molecule has 12 heteroatoms. The highest BCUT2D eigenvalue weighted by Gasteiger charge is 2.46. The number of nitro groups is 1. The number of benzene rings is 1. The summed E-state index contributed by atoms with van der Waals surface area (Å²) in [6.07, 6.45) is -0.347. The molecule has 1 aromatic rings. The summed E-state index contributed by atoms with van der Waals surface area (Å²) in [6, 6.07) is 5.76. The van der Waals surface area contributed by atoms with Crippen LogP contribution in [-0.2, 0) is 28.7 Å². The van der Waals surface area contributed by atoms with Crippen molar-refractivity contribution < 1.29 is 33.6 Å². The third-order valence-corrected chi connectivity index (χ3v) is 5.84. The third-order valence-electron chi connectivity index (χ3n) is 5.84. The van der Waals surface area contributed by atoms with Crippen LogP contribution < -0.4 is 11.5 Å². The molecule has 1 heterocycles. The number of esters is 3. The number of hydrogen-bond donors (Lipinski definition) is 2. The van der Waals surface area contributed by atoms with Crippen molar-refractivity contribution in [1.29, 1.82) is 0 Å². The highest BCUT2D eigenvalue weighted by Crippen LogP contribution is 2.40. The molecule has 0 aliphatic carbocycles. The standard InChI is InChI=1S/C23H28N4O8/c1-12-9-17(15-7-6-8-16(10-15)27(32)33)19(20(30)34-5)13(2)26(12)22(31)23(4,21(24)25)11-18(29)35-14(3)28/h6-10,17,21H,11,24-25H2,1-5H3. The van der Waals surface area contributed by atoms with Crippen molar-refractivity contribution in [2.45, 2.75) is 46.2 Å². The lowest BCUT2D eigenvalue weighted by Crippen LogP contribution is -2.57. The van der Waals surface area contributed by atoms with Crippen LogP contribution in [0, 0.1) is 15.5 Å². The predicted octanol–water partition coefficient (Wildman–Crippen LogP) is 1.60. The minimum absolute atomic E-state index is 0.0613. The van der Waals surface area contributed by atoms with Crippen LogP contribution in [0.15, 0.2) is 47.3 Å². The fraction of sp³-hybridized carbons (Fsp3) is 0.391. The van der Waals surface area contributed by atoms with Crippen LogP contribution in [-0.4, -0.2) is 46.9 Å². The van der Waals surface area contributed by atoms with Gasteiger partial charge in [-0.1, -0.05) is 18.2 Å². The maximum atomic E-state index is 13.7. The minimum atomic E-state index is -1.71. The van der Waals surface area contributed by atoms with Crippen LogP contribution >= 0.6 is 0 Å². The lowest BCUT2D eigenvalue weighted by atomic mass is 9.80. The van der Waals surface area contributed by atoms with Gasteiger partial charge < -0.3 is 20.9 Å². The van der Waals surface area contributed by atoms with E-state index in [1.807, 2.05) is 0 Å². The van der Waals surface area contributed by atoms with Gasteiger partial charge in [0.1, 0.15) is 0 Å². The molecular weight excluding hydrogens is 460 g/mol. The van der Waals surface area contributed by atoms with Gasteiger partial charge in [-0.15, -0.1) is 0 Å². The van der Waals surface area contributed by atoms with Gasteiger partial charge in [-0.25, -0.2) is 4.79 Å². The molecule has 35 heavy (non-hydrogen) atoms. The Morgan fingerprint density at radius 3 is 2.37 bits per heavy atom. The number of carbonyl (C=O) groups excluding carboxylic acids is 4. The Labute approximate surface area is 201 Å². The summed E-state index contributed by atoms with van der Waals surface area (Å²) in [5.41, 5.74) is 10.9. The van der Waals surface area contributed by atoms with Gasteiger partial charge in [0, 0.05) is 36.4 Å². The number of hydrogen-bond acceptors (Lipinski definition) is 10. The molecule has 0 aromatic heterocycles. The maximum absolute atomic E-state index is 13.7. The number of rotatable bonds is 7. The zero-order valence-electron chi connectivity index (χ0n) is 20.1. The summed E-state index contributed by atoms with van der Waals surface area (Å²) in [5, 5.41) is 11.3. The van der Waals surface area contributed by atoms with Crippen molar-refractivity contribution in [3.05, 3.63) is 63.0 Å². The first-order valence-corrected chi connectivity index (χ1v) is 10.5. The van der Waals surface area contributed by atoms with Crippen molar-refractivity contribution >= 4 is 29.5 Å². The predicted molar refractivity (Wildman–Crippen MR) is 123 cm³/mol. The van der Waals surface area contributed by atoms with E-state index in [-0.39, 0.29) is 17.0 Å². The minimum Gasteiger partial charge on any atom is -0.466 e. The Morgan fingerprint density at radius 1 is 1.23 bits per heavy atom. The number of nitro benzene ring substituents is 1. The molecule has 4 N–H and O–H groups in total. The van der Waals surface area contributed by atoms with Crippen molar-refractivity contribution in [3.8, 4) is 0 Å². The SMILES string of the molecule is COC(=O)C1=C(C)N(C(=O)C(C)(CC(=O)OC(C)=O)C(N)N)C(C)=CC1c1cccc([N+](=O)[O-])c1. The monoisotopic (exact) mass is 488 g/mol. The van der Waals surface area contributed by atoms with Gasteiger partial charge in [-0.3, -0.25) is 29.4 Å². The molecule has 0 radical (unpaired) electrons. The zero-order chi connectivity index (χ0) is 26.7. The van der Waals surface area contributed by atoms with E-state index in [4.69, 9.17) is 16.2 Å². The second-order valence-corrected chi connectivity index (χ2v) is 8.35. The van der Waals surface area contributed by atoms with Crippen LogP contribution in [0.25, 0.3) is 0 Å². The summed E-state index contributed by atoms with van der Waals surface area (Å²) >= 11 is 0. The molecule has 0 saturated carbocycles. The first-order valence-electron chi connectivity index (χ1n) is 10.5. The molecule has 2 unspecified atom stereocenters. The van der Waals surface area contributed by atoms with Gasteiger partial charge in [0.15, 0.2) is 0 Å². The molecular formula is C23H28N4O8. The van der Waals surface area contributed by atoms with Gasteiger partial charge in [0.2, 0.25) is 5.91 Å². The number of carbonyl (C=O) groups is 4. The number of nitrogens with two attached hydrogens (primary N) is 2. The molecule has 1 amide bonds. The Morgan fingerprint density at radius 2 is 1.86 bits per heavy atom. The van der Waals surface area contributed by atoms with Gasteiger partial charge in [0.25, 0.3) is 5.69 Å². The normalized spacial score (nSPS) is 17.4. The molecule has 2 atom stereocenters. The smallest absolute Gasteiger partial charge is 0.336 e. The average molecular weight is 488 g/mol. The van der Waals surface area contributed by atoms with Crippen molar-refractivity contribution in [2.75, 3.05) is 7.11 Å². The molecule has 1 aromatic carbocycles.